The second kappa shape index (κ2) is 7.69. The molecule has 1 unspecified atom stereocenters. The van der Waals surface area contributed by atoms with Crippen LogP contribution in [0.5, 0.6) is 0 Å². The number of hydrogen-bond acceptors (Lipinski definition) is 6. The van der Waals surface area contributed by atoms with E-state index in [1.54, 1.807) is 36.4 Å². The molecule has 0 aliphatic heterocycles. The zero-order chi connectivity index (χ0) is 20.5. The van der Waals surface area contributed by atoms with Gasteiger partial charge >= 0.3 is 6.18 Å². The van der Waals surface area contributed by atoms with Crippen LogP contribution in [0.1, 0.15) is 22.2 Å². The van der Waals surface area contributed by atoms with Gasteiger partial charge in [0.05, 0.1) is 10.9 Å². The number of sulfone groups is 1. The standard InChI is InChI=1S/C17H13ClF3N3O2S2/c1-28(25,26)13-4-2-3-11(9-13)14(10-5-7-12(18)8-6-10)22-16-24-23-15(27-16)17(19,20)21/h2-9,14H,1H3,(H,22,24). The van der Waals surface area contributed by atoms with Crippen LogP contribution in [0.15, 0.2) is 53.4 Å². The van der Waals surface area contributed by atoms with Crippen molar-refractivity contribution < 1.29 is 21.6 Å². The minimum Gasteiger partial charge on any atom is -0.349 e. The van der Waals surface area contributed by atoms with Crippen LogP contribution in [0.2, 0.25) is 5.02 Å². The van der Waals surface area contributed by atoms with Crippen LogP contribution in [0.25, 0.3) is 0 Å². The van der Waals surface area contributed by atoms with Gasteiger partial charge in [0.15, 0.2) is 9.84 Å². The first kappa shape index (κ1) is 20.6. The molecular formula is C17H13ClF3N3O2S2. The molecule has 148 valence electrons. The van der Waals surface area contributed by atoms with Gasteiger partial charge in [-0.2, -0.15) is 13.2 Å². The quantitative estimate of drug-likeness (QED) is 0.607. The topological polar surface area (TPSA) is 72.0 Å². The number of anilines is 1. The maximum Gasteiger partial charge on any atom is 0.445 e. The Hall–Kier alpha value is -2.17. The maximum absolute atomic E-state index is 12.8. The Labute approximate surface area is 168 Å². The van der Waals surface area contributed by atoms with Crippen LogP contribution < -0.4 is 5.32 Å². The van der Waals surface area contributed by atoms with Crippen molar-refractivity contribution in [3.8, 4) is 0 Å². The molecule has 11 heteroatoms. The first-order chi connectivity index (χ1) is 13.0. The Balaban J connectivity index is 2.03. The van der Waals surface area contributed by atoms with E-state index in [0.29, 0.717) is 27.5 Å². The van der Waals surface area contributed by atoms with Crippen LogP contribution in [-0.2, 0) is 16.0 Å². The molecule has 3 rings (SSSR count). The minimum atomic E-state index is -4.59. The molecule has 0 aliphatic carbocycles. The van der Waals surface area contributed by atoms with Crippen LogP contribution in [0.4, 0.5) is 18.3 Å². The summed E-state index contributed by atoms with van der Waals surface area (Å²) in [6.45, 7) is 0. The van der Waals surface area contributed by atoms with Gasteiger partial charge in [0.1, 0.15) is 0 Å². The molecule has 0 bridgehead atoms. The van der Waals surface area contributed by atoms with Crippen molar-refractivity contribution in [3.63, 3.8) is 0 Å². The molecule has 28 heavy (non-hydrogen) atoms. The van der Waals surface area contributed by atoms with Crippen LogP contribution in [0, 0.1) is 0 Å². The second-order valence-corrected chi connectivity index (χ2v) is 9.31. The molecule has 1 atom stereocenters. The fraction of sp³-hybridized carbons (Fsp3) is 0.176. The molecule has 1 heterocycles. The summed E-state index contributed by atoms with van der Waals surface area (Å²) >= 11 is 6.28. The molecule has 0 radical (unpaired) electrons. The number of hydrogen-bond donors (Lipinski definition) is 1. The number of rotatable bonds is 5. The van der Waals surface area contributed by atoms with E-state index in [0.717, 1.165) is 6.26 Å². The highest BCUT2D eigenvalue weighted by molar-refractivity contribution is 7.90. The van der Waals surface area contributed by atoms with Gasteiger partial charge in [-0.3, -0.25) is 0 Å². The Morgan fingerprint density at radius 1 is 1.07 bits per heavy atom. The molecule has 0 amide bonds. The van der Waals surface area contributed by atoms with E-state index in [1.807, 2.05) is 0 Å². The predicted molar refractivity (Wildman–Crippen MR) is 101 cm³/mol. The van der Waals surface area contributed by atoms with E-state index >= 15 is 0 Å². The van der Waals surface area contributed by atoms with Gasteiger partial charge in [-0.15, -0.1) is 10.2 Å². The molecule has 0 saturated carbocycles. The summed E-state index contributed by atoms with van der Waals surface area (Å²) < 4.78 is 62.2. The predicted octanol–water partition coefficient (Wildman–Crippen LogP) is 4.82. The van der Waals surface area contributed by atoms with Gasteiger partial charge in [-0.25, -0.2) is 8.42 Å². The average Bonchev–Trinajstić information content (AvgIpc) is 3.09. The zero-order valence-electron chi connectivity index (χ0n) is 14.2. The third kappa shape index (κ3) is 4.81. The lowest BCUT2D eigenvalue weighted by Gasteiger charge is -2.20. The summed E-state index contributed by atoms with van der Waals surface area (Å²) in [6.07, 6.45) is -3.51. The molecule has 2 aromatic carbocycles. The largest absolute Gasteiger partial charge is 0.445 e. The highest BCUT2D eigenvalue weighted by Crippen LogP contribution is 2.35. The number of alkyl halides is 3. The molecule has 1 aromatic heterocycles. The lowest BCUT2D eigenvalue weighted by Crippen LogP contribution is -2.13. The van der Waals surface area contributed by atoms with E-state index < -0.39 is 27.1 Å². The summed E-state index contributed by atoms with van der Waals surface area (Å²) in [5, 5.41) is 9.00. The van der Waals surface area contributed by atoms with Crippen molar-refractivity contribution in [2.75, 3.05) is 11.6 Å². The highest BCUT2D eigenvalue weighted by Gasteiger charge is 2.36. The van der Waals surface area contributed by atoms with Crippen LogP contribution in [0.3, 0.4) is 0 Å². The second-order valence-electron chi connectivity index (χ2n) is 5.88. The normalized spacial score (nSPS) is 13.3. The van der Waals surface area contributed by atoms with Crippen molar-refractivity contribution in [1.29, 1.82) is 0 Å². The number of nitrogens with one attached hydrogen (secondary N) is 1. The van der Waals surface area contributed by atoms with Crippen molar-refractivity contribution in [2.45, 2.75) is 17.1 Å². The molecule has 3 aromatic rings. The highest BCUT2D eigenvalue weighted by atomic mass is 35.5. The third-order valence-electron chi connectivity index (χ3n) is 3.76. The Morgan fingerprint density at radius 2 is 1.75 bits per heavy atom. The Morgan fingerprint density at radius 3 is 2.32 bits per heavy atom. The van der Waals surface area contributed by atoms with E-state index in [2.05, 4.69) is 15.5 Å². The fourth-order valence-corrected chi connectivity index (χ4v) is 3.90. The third-order valence-corrected chi connectivity index (χ3v) is 6.02. The molecule has 0 saturated heterocycles. The van der Waals surface area contributed by atoms with E-state index in [4.69, 9.17) is 11.6 Å². The number of nitrogens with zero attached hydrogens (tertiary/aromatic N) is 2. The van der Waals surface area contributed by atoms with Gasteiger partial charge in [0.25, 0.3) is 0 Å². The van der Waals surface area contributed by atoms with E-state index in [1.165, 1.54) is 12.1 Å². The molecule has 1 N–H and O–H groups in total. The van der Waals surface area contributed by atoms with Gasteiger partial charge in [0, 0.05) is 11.3 Å². The summed E-state index contributed by atoms with van der Waals surface area (Å²) in [5.41, 5.74) is 1.20. The number of halogens is 4. The van der Waals surface area contributed by atoms with E-state index in [-0.39, 0.29) is 10.0 Å². The fourth-order valence-electron chi connectivity index (χ4n) is 2.46. The first-order valence-electron chi connectivity index (χ1n) is 7.77. The summed E-state index contributed by atoms with van der Waals surface area (Å²) in [7, 11) is -3.46. The van der Waals surface area contributed by atoms with Crippen molar-refractivity contribution in [2.24, 2.45) is 0 Å². The SMILES string of the molecule is CS(=O)(=O)c1cccc(C(Nc2nnc(C(F)(F)F)s2)c2ccc(Cl)cc2)c1. The smallest absolute Gasteiger partial charge is 0.349 e. The lowest BCUT2D eigenvalue weighted by molar-refractivity contribution is -0.138. The maximum atomic E-state index is 12.8. The van der Waals surface area contributed by atoms with Crippen molar-refractivity contribution >= 4 is 37.9 Å². The summed E-state index contributed by atoms with van der Waals surface area (Å²) in [6, 6.07) is 12.1. The average molecular weight is 448 g/mol. The lowest BCUT2D eigenvalue weighted by atomic mass is 9.99. The number of aromatic nitrogens is 2. The molecule has 0 fully saturated rings. The first-order valence-corrected chi connectivity index (χ1v) is 10.9. The van der Waals surface area contributed by atoms with Crippen molar-refractivity contribution in [1.82, 2.24) is 10.2 Å². The van der Waals surface area contributed by atoms with E-state index in [9.17, 15) is 21.6 Å². The van der Waals surface area contributed by atoms with Crippen LogP contribution in [-0.4, -0.2) is 24.9 Å². The van der Waals surface area contributed by atoms with Gasteiger partial charge in [0.2, 0.25) is 10.1 Å². The van der Waals surface area contributed by atoms with Gasteiger partial charge in [-0.1, -0.05) is 47.2 Å². The minimum absolute atomic E-state index is 0.0444. The molecule has 5 nitrogen and oxygen atoms in total. The summed E-state index contributed by atoms with van der Waals surface area (Å²) in [4.78, 5) is 0.0963. The molecule has 0 spiro atoms. The van der Waals surface area contributed by atoms with Gasteiger partial charge in [-0.05, 0) is 35.4 Å². The van der Waals surface area contributed by atoms with Crippen LogP contribution >= 0.6 is 22.9 Å². The zero-order valence-corrected chi connectivity index (χ0v) is 16.6. The molecular weight excluding hydrogens is 435 g/mol. The molecule has 0 aliphatic rings. The summed E-state index contributed by atoms with van der Waals surface area (Å²) in [5.74, 6) is 0. The van der Waals surface area contributed by atoms with Gasteiger partial charge < -0.3 is 5.32 Å². The van der Waals surface area contributed by atoms with Crippen molar-refractivity contribution in [3.05, 3.63) is 69.7 Å². The Kier molecular flexibility index (Phi) is 5.64. The number of benzene rings is 2. The Bertz CT molecular complexity index is 1080. The monoisotopic (exact) mass is 447 g/mol.